The van der Waals surface area contributed by atoms with Crippen LogP contribution in [0.3, 0.4) is 0 Å². The van der Waals surface area contributed by atoms with Gasteiger partial charge in [0.1, 0.15) is 5.82 Å². The molecule has 1 amide bonds. The van der Waals surface area contributed by atoms with Crippen molar-refractivity contribution in [3.63, 3.8) is 0 Å². The summed E-state index contributed by atoms with van der Waals surface area (Å²) in [6, 6.07) is 1.15. The van der Waals surface area contributed by atoms with Gasteiger partial charge in [-0.2, -0.15) is 0 Å². The van der Waals surface area contributed by atoms with Crippen molar-refractivity contribution in [3.8, 4) is 0 Å². The molecule has 0 aliphatic heterocycles. The lowest BCUT2D eigenvalue weighted by molar-refractivity contribution is 0.0909. The summed E-state index contributed by atoms with van der Waals surface area (Å²) < 4.78 is 12.8. The maximum absolute atomic E-state index is 12.8. The van der Waals surface area contributed by atoms with Crippen LogP contribution < -0.4 is 11.1 Å². The second-order valence-corrected chi connectivity index (χ2v) is 4.27. The number of nitrogens with zero attached hydrogens (tertiary/aromatic N) is 1. The first-order valence-corrected chi connectivity index (χ1v) is 5.08. The third kappa shape index (κ3) is 5.10. The van der Waals surface area contributed by atoms with E-state index in [0.717, 1.165) is 12.3 Å². The molecule has 17 heavy (non-hydrogen) atoms. The Balaban J connectivity index is 0.00000256. The Bertz CT molecular complexity index is 385. The van der Waals surface area contributed by atoms with Crippen molar-refractivity contribution in [2.45, 2.75) is 25.8 Å². The van der Waals surface area contributed by atoms with E-state index in [1.54, 1.807) is 0 Å². The van der Waals surface area contributed by atoms with Gasteiger partial charge in [-0.1, -0.05) is 0 Å². The Labute approximate surface area is 106 Å². The zero-order valence-electron chi connectivity index (χ0n) is 9.87. The number of nitrogens with one attached hydrogen (secondary N) is 1. The maximum atomic E-state index is 12.8. The van der Waals surface area contributed by atoms with E-state index >= 15 is 0 Å². The van der Waals surface area contributed by atoms with Crippen LogP contribution in [0.4, 0.5) is 4.39 Å². The number of halogens is 2. The first kappa shape index (κ1) is 15.8. The number of carbonyl (C=O) groups is 1. The fourth-order valence-corrected chi connectivity index (χ4v) is 1.34. The largest absolute Gasteiger partial charge is 0.347 e. The standard InChI is InChI=1S/C11H16FN3O.ClH/c1-11(2,3-4-13)15-10(16)8-5-9(12)7-14-6-8;/h5-7H,3-4,13H2,1-2H3,(H,15,16);1H. The summed E-state index contributed by atoms with van der Waals surface area (Å²) in [5.74, 6) is -0.866. The minimum Gasteiger partial charge on any atom is -0.347 e. The van der Waals surface area contributed by atoms with Gasteiger partial charge in [0.05, 0.1) is 11.8 Å². The van der Waals surface area contributed by atoms with Crippen LogP contribution in [0.1, 0.15) is 30.6 Å². The predicted molar refractivity (Wildman–Crippen MR) is 66.7 cm³/mol. The summed E-state index contributed by atoms with van der Waals surface area (Å²) in [5.41, 5.74) is 5.24. The summed E-state index contributed by atoms with van der Waals surface area (Å²) in [6.45, 7) is 4.21. The molecule has 0 atom stereocenters. The third-order valence-corrected chi connectivity index (χ3v) is 2.19. The average Bonchev–Trinajstić information content (AvgIpc) is 2.16. The molecule has 1 aromatic rings. The predicted octanol–water partition coefficient (Wildman–Crippen LogP) is 1.50. The normalized spacial score (nSPS) is 10.6. The zero-order valence-corrected chi connectivity index (χ0v) is 10.7. The minimum absolute atomic E-state index is 0. The molecule has 0 spiro atoms. The number of aromatic nitrogens is 1. The van der Waals surface area contributed by atoms with Crippen molar-refractivity contribution in [2.24, 2.45) is 5.73 Å². The Morgan fingerprint density at radius 3 is 2.71 bits per heavy atom. The quantitative estimate of drug-likeness (QED) is 0.863. The van der Waals surface area contributed by atoms with Crippen molar-refractivity contribution in [3.05, 3.63) is 29.8 Å². The number of nitrogens with two attached hydrogens (primary N) is 1. The van der Waals surface area contributed by atoms with Gasteiger partial charge in [0.2, 0.25) is 0 Å². The lowest BCUT2D eigenvalue weighted by Crippen LogP contribution is -2.44. The highest BCUT2D eigenvalue weighted by molar-refractivity contribution is 5.94. The minimum atomic E-state index is -0.524. The fourth-order valence-electron chi connectivity index (χ4n) is 1.34. The number of pyridine rings is 1. The summed E-state index contributed by atoms with van der Waals surface area (Å²) in [7, 11) is 0. The summed E-state index contributed by atoms with van der Waals surface area (Å²) >= 11 is 0. The molecule has 0 saturated heterocycles. The molecular formula is C11H17ClFN3O. The highest BCUT2D eigenvalue weighted by Crippen LogP contribution is 2.09. The molecule has 0 fully saturated rings. The summed E-state index contributed by atoms with van der Waals surface area (Å²) in [4.78, 5) is 15.3. The number of hydrogen-bond acceptors (Lipinski definition) is 3. The van der Waals surface area contributed by atoms with Gasteiger partial charge in [0.25, 0.3) is 5.91 Å². The topological polar surface area (TPSA) is 68.0 Å². The summed E-state index contributed by atoms with van der Waals surface area (Å²) in [6.07, 6.45) is 3.04. The van der Waals surface area contributed by atoms with Crippen LogP contribution in [0.15, 0.2) is 18.5 Å². The molecule has 6 heteroatoms. The molecule has 0 saturated carbocycles. The first-order valence-electron chi connectivity index (χ1n) is 5.08. The van der Waals surface area contributed by atoms with E-state index in [1.807, 2.05) is 13.8 Å². The van der Waals surface area contributed by atoms with Gasteiger partial charge in [-0.25, -0.2) is 4.39 Å². The molecule has 3 N–H and O–H groups in total. The monoisotopic (exact) mass is 261 g/mol. The lowest BCUT2D eigenvalue weighted by atomic mass is 10.0. The molecule has 4 nitrogen and oxygen atoms in total. The van der Waals surface area contributed by atoms with Gasteiger partial charge in [0.15, 0.2) is 0 Å². The van der Waals surface area contributed by atoms with Crippen molar-refractivity contribution in [2.75, 3.05) is 6.54 Å². The van der Waals surface area contributed by atoms with Crippen LogP contribution in [-0.4, -0.2) is 23.0 Å². The molecule has 0 aliphatic carbocycles. The number of carbonyl (C=O) groups excluding carboxylic acids is 1. The smallest absolute Gasteiger partial charge is 0.253 e. The zero-order chi connectivity index (χ0) is 12.2. The average molecular weight is 262 g/mol. The molecule has 0 aliphatic rings. The van der Waals surface area contributed by atoms with E-state index in [2.05, 4.69) is 10.3 Å². The van der Waals surface area contributed by atoms with E-state index < -0.39 is 11.4 Å². The van der Waals surface area contributed by atoms with Crippen LogP contribution in [-0.2, 0) is 0 Å². The molecule has 96 valence electrons. The SMILES string of the molecule is CC(C)(CCN)NC(=O)c1cncc(F)c1.Cl. The number of hydrogen-bond donors (Lipinski definition) is 2. The number of amides is 1. The van der Waals surface area contributed by atoms with Crippen molar-refractivity contribution >= 4 is 18.3 Å². The van der Waals surface area contributed by atoms with Crippen LogP contribution in [0.2, 0.25) is 0 Å². The van der Waals surface area contributed by atoms with Crippen molar-refractivity contribution in [1.82, 2.24) is 10.3 Å². The molecular weight excluding hydrogens is 245 g/mol. The van der Waals surface area contributed by atoms with Crippen LogP contribution >= 0.6 is 12.4 Å². The Kier molecular flexibility index (Phi) is 6.05. The van der Waals surface area contributed by atoms with Gasteiger partial charge >= 0.3 is 0 Å². The molecule has 0 unspecified atom stereocenters. The highest BCUT2D eigenvalue weighted by atomic mass is 35.5. The van der Waals surface area contributed by atoms with Gasteiger partial charge in [-0.15, -0.1) is 12.4 Å². The molecule has 1 aromatic heterocycles. The Morgan fingerprint density at radius 1 is 1.53 bits per heavy atom. The van der Waals surface area contributed by atoms with E-state index in [9.17, 15) is 9.18 Å². The van der Waals surface area contributed by atoms with Gasteiger partial charge in [-0.05, 0) is 32.9 Å². The van der Waals surface area contributed by atoms with E-state index in [4.69, 9.17) is 5.73 Å². The molecule has 0 aromatic carbocycles. The van der Waals surface area contributed by atoms with E-state index in [0.29, 0.717) is 13.0 Å². The molecule has 0 bridgehead atoms. The van der Waals surface area contributed by atoms with Gasteiger partial charge in [-0.3, -0.25) is 9.78 Å². The maximum Gasteiger partial charge on any atom is 0.253 e. The van der Waals surface area contributed by atoms with Crippen LogP contribution in [0, 0.1) is 5.82 Å². The molecule has 1 heterocycles. The Morgan fingerprint density at radius 2 is 2.18 bits per heavy atom. The van der Waals surface area contributed by atoms with E-state index in [-0.39, 0.29) is 23.9 Å². The second-order valence-electron chi connectivity index (χ2n) is 4.27. The molecule has 1 rings (SSSR count). The Hall–Kier alpha value is -1.20. The second kappa shape index (κ2) is 6.51. The van der Waals surface area contributed by atoms with Crippen LogP contribution in [0.5, 0.6) is 0 Å². The lowest BCUT2D eigenvalue weighted by Gasteiger charge is -2.25. The van der Waals surface area contributed by atoms with Crippen molar-refractivity contribution in [1.29, 1.82) is 0 Å². The molecule has 0 radical (unpaired) electrons. The first-order chi connectivity index (χ1) is 7.44. The van der Waals surface area contributed by atoms with Gasteiger partial charge < -0.3 is 11.1 Å². The number of rotatable bonds is 4. The van der Waals surface area contributed by atoms with Gasteiger partial charge in [0, 0.05) is 11.7 Å². The fraction of sp³-hybridized carbons (Fsp3) is 0.455. The summed E-state index contributed by atoms with van der Waals surface area (Å²) in [5, 5.41) is 2.78. The van der Waals surface area contributed by atoms with Crippen LogP contribution in [0.25, 0.3) is 0 Å². The third-order valence-electron chi connectivity index (χ3n) is 2.19. The van der Waals surface area contributed by atoms with E-state index in [1.165, 1.54) is 6.20 Å². The van der Waals surface area contributed by atoms with Crippen molar-refractivity contribution < 1.29 is 9.18 Å². The highest BCUT2D eigenvalue weighted by Gasteiger charge is 2.20.